The fourth-order valence-electron chi connectivity index (χ4n) is 2.65. The SMILES string of the molecule is Fc1ccc(-c2csc(Nc3cccc(OCc4ccccc4)c3)n2)cc1F. The number of hydrogen-bond donors (Lipinski definition) is 1. The van der Waals surface area contributed by atoms with E-state index in [4.69, 9.17) is 4.74 Å². The Morgan fingerprint density at radius 3 is 2.57 bits per heavy atom. The predicted molar refractivity (Wildman–Crippen MR) is 108 cm³/mol. The molecule has 1 aromatic heterocycles. The van der Waals surface area contributed by atoms with Crippen molar-refractivity contribution in [3.05, 3.63) is 95.4 Å². The van der Waals surface area contributed by atoms with E-state index in [1.165, 1.54) is 17.4 Å². The second-order valence-electron chi connectivity index (χ2n) is 6.09. The van der Waals surface area contributed by atoms with E-state index in [2.05, 4.69) is 10.3 Å². The van der Waals surface area contributed by atoms with Gasteiger partial charge in [-0.1, -0.05) is 36.4 Å². The molecule has 140 valence electrons. The molecule has 0 aliphatic carbocycles. The molecule has 0 atom stereocenters. The molecule has 6 heteroatoms. The van der Waals surface area contributed by atoms with E-state index in [0.29, 0.717) is 23.0 Å². The number of nitrogens with one attached hydrogen (secondary N) is 1. The van der Waals surface area contributed by atoms with E-state index in [1.807, 2.05) is 54.6 Å². The van der Waals surface area contributed by atoms with Crippen molar-refractivity contribution in [3.8, 4) is 17.0 Å². The molecule has 0 saturated heterocycles. The summed E-state index contributed by atoms with van der Waals surface area (Å²) >= 11 is 1.39. The number of anilines is 2. The smallest absolute Gasteiger partial charge is 0.187 e. The highest BCUT2D eigenvalue weighted by atomic mass is 32.1. The molecule has 1 N–H and O–H groups in total. The Bertz CT molecular complexity index is 1080. The number of benzene rings is 3. The first kappa shape index (κ1) is 18.1. The maximum atomic E-state index is 13.4. The summed E-state index contributed by atoms with van der Waals surface area (Å²) in [6, 6.07) is 21.3. The molecule has 0 aliphatic heterocycles. The Kier molecular flexibility index (Phi) is 5.30. The Balaban J connectivity index is 1.44. The van der Waals surface area contributed by atoms with Crippen molar-refractivity contribution in [2.75, 3.05) is 5.32 Å². The summed E-state index contributed by atoms with van der Waals surface area (Å²) in [6.45, 7) is 0.488. The maximum Gasteiger partial charge on any atom is 0.187 e. The normalized spacial score (nSPS) is 10.6. The molecule has 0 aliphatic rings. The van der Waals surface area contributed by atoms with Crippen molar-refractivity contribution in [1.82, 2.24) is 4.98 Å². The maximum absolute atomic E-state index is 13.4. The highest BCUT2D eigenvalue weighted by Crippen LogP contribution is 2.29. The van der Waals surface area contributed by atoms with E-state index in [0.717, 1.165) is 29.1 Å². The number of halogens is 2. The van der Waals surface area contributed by atoms with Crippen molar-refractivity contribution in [3.63, 3.8) is 0 Å². The second-order valence-corrected chi connectivity index (χ2v) is 6.95. The van der Waals surface area contributed by atoms with Crippen molar-refractivity contribution in [1.29, 1.82) is 0 Å². The molecule has 4 rings (SSSR count). The first-order valence-electron chi connectivity index (χ1n) is 8.62. The molecule has 3 aromatic carbocycles. The predicted octanol–water partition coefficient (Wildman–Crippen LogP) is 6.41. The van der Waals surface area contributed by atoms with E-state index in [-0.39, 0.29) is 0 Å². The summed E-state index contributed by atoms with van der Waals surface area (Å²) in [5.74, 6) is -1.01. The molecule has 3 nitrogen and oxygen atoms in total. The third-order valence-corrected chi connectivity index (χ3v) is 4.81. The molecule has 0 bridgehead atoms. The summed E-state index contributed by atoms with van der Waals surface area (Å²) in [6.07, 6.45) is 0. The number of nitrogens with zero attached hydrogens (tertiary/aromatic N) is 1. The van der Waals surface area contributed by atoms with Gasteiger partial charge in [0.05, 0.1) is 5.69 Å². The number of rotatable bonds is 6. The van der Waals surface area contributed by atoms with E-state index >= 15 is 0 Å². The van der Waals surface area contributed by atoms with Crippen LogP contribution >= 0.6 is 11.3 Å². The van der Waals surface area contributed by atoms with Gasteiger partial charge in [0, 0.05) is 22.7 Å². The van der Waals surface area contributed by atoms with Crippen LogP contribution in [0.5, 0.6) is 5.75 Å². The molecule has 0 radical (unpaired) electrons. The number of hydrogen-bond acceptors (Lipinski definition) is 4. The molecule has 0 unspecified atom stereocenters. The van der Waals surface area contributed by atoms with Gasteiger partial charge < -0.3 is 10.1 Å². The van der Waals surface area contributed by atoms with Crippen molar-refractivity contribution in [2.24, 2.45) is 0 Å². The molecular formula is C22H16F2N2OS. The van der Waals surface area contributed by atoms with Gasteiger partial charge in [0.1, 0.15) is 12.4 Å². The van der Waals surface area contributed by atoms with Crippen LogP contribution in [-0.4, -0.2) is 4.98 Å². The Morgan fingerprint density at radius 2 is 1.75 bits per heavy atom. The van der Waals surface area contributed by atoms with Gasteiger partial charge in [-0.15, -0.1) is 11.3 Å². The molecule has 1 heterocycles. The average molecular weight is 394 g/mol. The number of thiazole rings is 1. The van der Waals surface area contributed by atoms with Crippen molar-refractivity contribution < 1.29 is 13.5 Å². The van der Waals surface area contributed by atoms with Gasteiger partial charge in [-0.05, 0) is 35.9 Å². The lowest BCUT2D eigenvalue weighted by Crippen LogP contribution is -1.96. The zero-order valence-corrected chi connectivity index (χ0v) is 15.5. The minimum absolute atomic E-state index is 0.488. The lowest BCUT2D eigenvalue weighted by atomic mass is 10.2. The van der Waals surface area contributed by atoms with Gasteiger partial charge in [-0.2, -0.15) is 0 Å². The Morgan fingerprint density at radius 1 is 0.893 bits per heavy atom. The van der Waals surface area contributed by atoms with Gasteiger partial charge in [-0.25, -0.2) is 13.8 Å². The third-order valence-electron chi connectivity index (χ3n) is 4.05. The average Bonchev–Trinajstić information content (AvgIpc) is 3.18. The first-order chi connectivity index (χ1) is 13.7. The summed E-state index contributed by atoms with van der Waals surface area (Å²) in [7, 11) is 0. The quantitative estimate of drug-likeness (QED) is 0.410. The van der Waals surface area contributed by atoms with E-state index < -0.39 is 11.6 Å². The Hall–Kier alpha value is -3.25. The van der Waals surface area contributed by atoms with Gasteiger partial charge in [0.15, 0.2) is 16.8 Å². The standard InChI is InChI=1S/C22H16F2N2OS/c23-19-10-9-16(11-20(19)24)21-14-28-22(26-21)25-17-7-4-8-18(12-17)27-13-15-5-2-1-3-6-15/h1-12,14H,13H2,(H,25,26). The number of aromatic nitrogens is 1. The summed E-state index contributed by atoms with van der Waals surface area (Å²) in [5.41, 5.74) is 3.04. The first-order valence-corrected chi connectivity index (χ1v) is 9.50. The molecule has 28 heavy (non-hydrogen) atoms. The molecule has 4 aromatic rings. The van der Waals surface area contributed by atoms with Crippen LogP contribution in [0.2, 0.25) is 0 Å². The largest absolute Gasteiger partial charge is 0.489 e. The zero-order chi connectivity index (χ0) is 19.3. The van der Waals surface area contributed by atoms with Crippen LogP contribution in [0.25, 0.3) is 11.3 Å². The zero-order valence-electron chi connectivity index (χ0n) is 14.7. The van der Waals surface area contributed by atoms with Crippen LogP contribution in [0.1, 0.15) is 5.56 Å². The fraction of sp³-hybridized carbons (Fsp3) is 0.0455. The number of ether oxygens (including phenoxy) is 1. The molecule has 0 spiro atoms. The topological polar surface area (TPSA) is 34.1 Å². The van der Waals surface area contributed by atoms with Gasteiger partial charge in [0.2, 0.25) is 0 Å². The molecule has 0 fully saturated rings. The molecular weight excluding hydrogens is 378 g/mol. The van der Waals surface area contributed by atoms with Crippen LogP contribution in [0.3, 0.4) is 0 Å². The van der Waals surface area contributed by atoms with Crippen LogP contribution in [0, 0.1) is 11.6 Å². The van der Waals surface area contributed by atoms with E-state index in [1.54, 1.807) is 5.38 Å². The summed E-state index contributed by atoms with van der Waals surface area (Å²) in [5, 5.41) is 5.67. The van der Waals surface area contributed by atoms with E-state index in [9.17, 15) is 8.78 Å². The van der Waals surface area contributed by atoms with Crippen molar-refractivity contribution >= 4 is 22.2 Å². The summed E-state index contributed by atoms with van der Waals surface area (Å²) < 4.78 is 32.4. The molecule has 0 saturated carbocycles. The van der Waals surface area contributed by atoms with Crippen LogP contribution < -0.4 is 10.1 Å². The summed E-state index contributed by atoms with van der Waals surface area (Å²) in [4.78, 5) is 4.45. The highest BCUT2D eigenvalue weighted by Gasteiger charge is 2.09. The minimum Gasteiger partial charge on any atom is -0.489 e. The monoisotopic (exact) mass is 394 g/mol. The minimum atomic E-state index is -0.886. The van der Waals surface area contributed by atoms with Gasteiger partial charge in [0.25, 0.3) is 0 Å². The van der Waals surface area contributed by atoms with Crippen LogP contribution in [-0.2, 0) is 6.61 Å². The second kappa shape index (κ2) is 8.19. The lowest BCUT2D eigenvalue weighted by molar-refractivity contribution is 0.306. The highest BCUT2D eigenvalue weighted by molar-refractivity contribution is 7.14. The third kappa shape index (κ3) is 4.35. The van der Waals surface area contributed by atoms with Crippen LogP contribution in [0.15, 0.2) is 78.2 Å². The lowest BCUT2D eigenvalue weighted by Gasteiger charge is -2.08. The fourth-order valence-corrected chi connectivity index (χ4v) is 3.39. The van der Waals surface area contributed by atoms with Crippen LogP contribution in [0.4, 0.5) is 19.6 Å². The molecule has 0 amide bonds. The van der Waals surface area contributed by atoms with Gasteiger partial charge >= 0.3 is 0 Å². The Labute approximate surface area is 165 Å². The van der Waals surface area contributed by atoms with Crippen molar-refractivity contribution in [2.45, 2.75) is 6.61 Å². The van der Waals surface area contributed by atoms with Gasteiger partial charge in [-0.3, -0.25) is 0 Å².